The van der Waals surface area contributed by atoms with Gasteiger partial charge >= 0.3 is 11.9 Å². The van der Waals surface area contributed by atoms with Gasteiger partial charge in [0.05, 0.1) is 23.2 Å². The molecule has 29 heavy (non-hydrogen) atoms. The molecule has 8 nitrogen and oxygen atoms in total. The Bertz CT molecular complexity index is 1010. The van der Waals surface area contributed by atoms with E-state index in [1.54, 1.807) is 48.5 Å². The van der Waals surface area contributed by atoms with Crippen LogP contribution in [0.15, 0.2) is 58.7 Å². The van der Waals surface area contributed by atoms with Crippen LogP contribution in [0.1, 0.15) is 22.3 Å². The van der Waals surface area contributed by atoms with E-state index in [2.05, 4.69) is 15.5 Å². The minimum Gasteiger partial charge on any atom is -0.481 e. The van der Waals surface area contributed by atoms with Crippen molar-refractivity contribution in [2.24, 2.45) is 10.2 Å². The van der Waals surface area contributed by atoms with Gasteiger partial charge in [0.15, 0.2) is 5.17 Å². The summed E-state index contributed by atoms with van der Waals surface area (Å²) >= 11 is 6.99. The Hall–Kier alpha value is -3.17. The van der Waals surface area contributed by atoms with E-state index in [1.807, 2.05) is 0 Å². The topological polar surface area (TPSA) is 117 Å². The van der Waals surface area contributed by atoms with Crippen molar-refractivity contribution in [3.8, 4) is 5.75 Å². The number of amidine groups is 1. The Morgan fingerprint density at radius 3 is 2.62 bits per heavy atom. The van der Waals surface area contributed by atoms with Gasteiger partial charge in [-0.2, -0.15) is 5.10 Å². The van der Waals surface area contributed by atoms with Crippen molar-refractivity contribution in [3.63, 3.8) is 0 Å². The van der Waals surface area contributed by atoms with Gasteiger partial charge in [0.2, 0.25) is 5.91 Å². The van der Waals surface area contributed by atoms with Crippen molar-refractivity contribution in [3.05, 3.63) is 64.7 Å². The Labute approximate surface area is 174 Å². The van der Waals surface area contributed by atoms with Crippen LogP contribution in [0.4, 0.5) is 0 Å². The molecule has 1 saturated heterocycles. The molecule has 1 atom stereocenters. The molecule has 0 aromatic heterocycles. The number of carbonyl (C=O) groups excluding carboxylic acids is 2. The predicted molar refractivity (Wildman–Crippen MR) is 110 cm³/mol. The lowest BCUT2D eigenvalue weighted by atomic mass is 10.2. The molecule has 1 fully saturated rings. The standard InChI is InChI=1S/C19H14ClN3O5S/c20-14-4-2-1-3-13(14)18(27)28-12-7-5-11(6-8-12)10-21-23-19-22-17(26)15(29-19)9-16(24)25/h1-8,10,15H,9H2,(H,24,25)(H,22,23,26). The number of rotatable bonds is 6. The van der Waals surface area contributed by atoms with Crippen molar-refractivity contribution in [1.29, 1.82) is 0 Å². The van der Waals surface area contributed by atoms with Crippen molar-refractivity contribution in [2.75, 3.05) is 0 Å². The van der Waals surface area contributed by atoms with E-state index in [9.17, 15) is 14.4 Å². The number of esters is 1. The molecule has 10 heteroatoms. The fourth-order valence-corrected chi connectivity index (χ4v) is 3.43. The summed E-state index contributed by atoms with van der Waals surface area (Å²) in [6.45, 7) is 0. The zero-order valence-corrected chi connectivity index (χ0v) is 16.3. The fraction of sp³-hybridized carbons (Fsp3) is 0.105. The minimum absolute atomic E-state index is 0.239. The van der Waals surface area contributed by atoms with Gasteiger partial charge in [-0.3, -0.25) is 9.59 Å². The van der Waals surface area contributed by atoms with Gasteiger partial charge in [-0.15, -0.1) is 5.10 Å². The molecule has 1 heterocycles. The van der Waals surface area contributed by atoms with Gasteiger partial charge in [0, 0.05) is 0 Å². The summed E-state index contributed by atoms with van der Waals surface area (Å²) in [5.74, 6) is -1.68. The third-order valence-electron chi connectivity index (χ3n) is 3.68. The Morgan fingerprint density at radius 1 is 1.21 bits per heavy atom. The summed E-state index contributed by atoms with van der Waals surface area (Å²) < 4.78 is 5.28. The third-order valence-corrected chi connectivity index (χ3v) is 5.08. The SMILES string of the molecule is O=C(O)CC1SC(=NN=Cc2ccc(OC(=O)c3ccccc3Cl)cc2)NC1=O. The fourth-order valence-electron chi connectivity index (χ4n) is 2.30. The maximum Gasteiger partial charge on any atom is 0.345 e. The molecule has 3 rings (SSSR count). The second kappa shape index (κ2) is 9.35. The van der Waals surface area contributed by atoms with Crippen LogP contribution < -0.4 is 10.1 Å². The number of hydrogen-bond acceptors (Lipinski definition) is 7. The van der Waals surface area contributed by atoms with Crippen LogP contribution in [-0.2, 0) is 9.59 Å². The summed E-state index contributed by atoms with van der Waals surface area (Å²) in [5.41, 5.74) is 0.955. The molecule has 1 aliphatic rings. The molecular formula is C19H14ClN3O5S. The summed E-state index contributed by atoms with van der Waals surface area (Å²) in [5, 5.41) is 18.8. The summed E-state index contributed by atoms with van der Waals surface area (Å²) in [7, 11) is 0. The van der Waals surface area contributed by atoms with Crippen molar-refractivity contribution in [1.82, 2.24) is 5.32 Å². The molecular weight excluding hydrogens is 418 g/mol. The second-order valence-corrected chi connectivity index (χ2v) is 7.38. The highest BCUT2D eigenvalue weighted by Crippen LogP contribution is 2.22. The van der Waals surface area contributed by atoms with Crippen LogP contribution in [0.25, 0.3) is 0 Å². The van der Waals surface area contributed by atoms with Crippen LogP contribution in [0.5, 0.6) is 5.75 Å². The van der Waals surface area contributed by atoms with Gasteiger partial charge < -0.3 is 15.2 Å². The average Bonchev–Trinajstić information content (AvgIpc) is 3.02. The molecule has 1 amide bonds. The minimum atomic E-state index is -1.06. The molecule has 0 bridgehead atoms. The van der Waals surface area contributed by atoms with Crippen molar-refractivity contribution >= 4 is 52.6 Å². The number of benzene rings is 2. The first-order valence-corrected chi connectivity index (χ1v) is 9.55. The van der Waals surface area contributed by atoms with Gasteiger partial charge in [0.1, 0.15) is 11.0 Å². The van der Waals surface area contributed by atoms with E-state index in [4.69, 9.17) is 21.4 Å². The first-order chi connectivity index (χ1) is 13.9. The third kappa shape index (κ3) is 5.66. The molecule has 0 spiro atoms. The smallest absolute Gasteiger partial charge is 0.345 e. The number of aliphatic carboxylic acids is 1. The number of hydrogen-bond donors (Lipinski definition) is 2. The zero-order valence-electron chi connectivity index (χ0n) is 14.7. The number of amides is 1. The largest absolute Gasteiger partial charge is 0.481 e. The zero-order chi connectivity index (χ0) is 20.8. The lowest BCUT2D eigenvalue weighted by Gasteiger charge is -2.05. The highest BCUT2D eigenvalue weighted by Gasteiger charge is 2.32. The van der Waals surface area contributed by atoms with Crippen LogP contribution in [0.2, 0.25) is 5.02 Å². The van der Waals surface area contributed by atoms with Crippen molar-refractivity contribution < 1.29 is 24.2 Å². The van der Waals surface area contributed by atoms with E-state index in [0.29, 0.717) is 16.3 Å². The molecule has 2 N–H and O–H groups in total. The number of halogens is 1. The molecule has 1 unspecified atom stereocenters. The summed E-state index contributed by atoms with van der Waals surface area (Å²) in [6, 6.07) is 13.1. The number of carboxylic acid groups (broad SMARTS) is 1. The van der Waals surface area contributed by atoms with E-state index in [-0.39, 0.29) is 17.2 Å². The first kappa shape index (κ1) is 20.6. The van der Waals surface area contributed by atoms with E-state index in [1.165, 1.54) is 6.21 Å². The van der Waals surface area contributed by atoms with E-state index in [0.717, 1.165) is 11.8 Å². The van der Waals surface area contributed by atoms with Gasteiger partial charge in [0.25, 0.3) is 0 Å². The number of ether oxygens (including phenoxy) is 1. The van der Waals surface area contributed by atoms with Crippen LogP contribution in [-0.4, -0.2) is 39.6 Å². The molecule has 0 radical (unpaired) electrons. The number of nitrogens with one attached hydrogen (secondary N) is 1. The predicted octanol–water partition coefficient (Wildman–Crippen LogP) is 2.96. The second-order valence-electron chi connectivity index (χ2n) is 5.78. The van der Waals surface area contributed by atoms with Gasteiger partial charge in [-0.25, -0.2) is 4.79 Å². The lowest BCUT2D eigenvalue weighted by Crippen LogP contribution is -2.26. The monoisotopic (exact) mass is 431 g/mol. The Morgan fingerprint density at radius 2 is 1.93 bits per heavy atom. The van der Waals surface area contributed by atoms with Crippen LogP contribution in [0.3, 0.4) is 0 Å². The maximum absolute atomic E-state index is 12.1. The molecule has 2 aromatic carbocycles. The summed E-state index contributed by atoms with van der Waals surface area (Å²) in [6.07, 6.45) is 1.16. The molecule has 2 aromatic rings. The van der Waals surface area contributed by atoms with Crippen molar-refractivity contribution in [2.45, 2.75) is 11.7 Å². The van der Waals surface area contributed by atoms with Crippen LogP contribution in [0, 0.1) is 0 Å². The number of thioether (sulfide) groups is 1. The van der Waals surface area contributed by atoms with E-state index >= 15 is 0 Å². The van der Waals surface area contributed by atoms with Crippen LogP contribution >= 0.6 is 23.4 Å². The lowest BCUT2D eigenvalue weighted by molar-refractivity contribution is -0.138. The molecule has 1 aliphatic heterocycles. The summed E-state index contributed by atoms with van der Waals surface area (Å²) in [4.78, 5) is 34.5. The quantitative estimate of drug-likeness (QED) is 0.314. The first-order valence-electron chi connectivity index (χ1n) is 8.29. The highest BCUT2D eigenvalue weighted by molar-refractivity contribution is 8.15. The van der Waals surface area contributed by atoms with Gasteiger partial charge in [-0.1, -0.05) is 35.5 Å². The number of nitrogens with zero attached hydrogens (tertiary/aromatic N) is 2. The Balaban J connectivity index is 1.58. The molecule has 0 aliphatic carbocycles. The maximum atomic E-state index is 12.1. The molecule has 148 valence electrons. The molecule has 0 saturated carbocycles. The Kier molecular flexibility index (Phi) is 6.63. The normalized spacial score (nSPS) is 17.5. The number of carbonyl (C=O) groups is 3. The highest BCUT2D eigenvalue weighted by atomic mass is 35.5. The van der Waals surface area contributed by atoms with E-state index < -0.39 is 23.1 Å². The average molecular weight is 432 g/mol. The van der Waals surface area contributed by atoms with Gasteiger partial charge in [-0.05, 0) is 42.0 Å². The number of carboxylic acids is 1.